The predicted octanol–water partition coefficient (Wildman–Crippen LogP) is 3.35. The highest BCUT2D eigenvalue weighted by atomic mass is 32.2. The van der Waals surface area contributed by atoms with Crippen LogP contribution < -0.4 is 11.1 Å². The van der Waals surface area contributed by atoms with Crippen molar-refractivity contribution in [2.75, 3.05) is 11.1 Å². The Bertz CT molecular complexity index is 1050. The van der Waals surface area contributed by atoms with Crippen molar-refractivity contribution in [1.82, 2.24) is 19.7 Å². The van der Waals surface area contributed by atoms with Crippen molar-refractivity contribution in [2.45, 2.75) is 38.4 Å². The molecule has 31 heavy (non-hydrogen) atoms. The lowest BCUT2D eigenvalue weighted by molar-refractivity contribution is -0.118. The Hall–Kier alpha value is -2.79. The second kappa shape index (κ2) is 10.5. The van der Waals surface area contributed by atoms with E-state index in [9.17, 15) is 14.0 Å². The maximum Gasteiger partial charge on any atom is 0.236 e. The summed E-state index contributed by atoms with van der Waals surface area (Å²) >= 11 is 2.57. The average Bonchev–Trinajstić information content (AvgIpc) is 3.32. The first-order valence-corrected chi connectivity index (χ1v) is 11.5. The van der Waals surface area contributed by atoms with Gasteiger partial charge in [0.25, 0.3) is 0 Å². The molecule has 0 atom stereocenters. The molecule has 2 aromatic heterocycles. The summed E-state index contributed by atoms with van der Waals surface area (Å²) in [6, 6.07) is 6.02. The van der Waals surface area contributed by atoms with E-state index >= 15 is 0 Å². The average molecular weight is 463 g/mol. The normalized spacial score (nSPS) is 11.1. The van der Waals surface area contributed by atoms with Gasteiger partial charge in [-0.05, 0) is 30.2 Å². The molecule has 0 saturated carbocycles. The smallest absolute Gasteiger partial charge is 0.236 e. The number of carbonyl (C=O) groups excluding carboxylic acids is 2. The summed E-state index contributed by atoms with van der Waals surface area (Å²) in [5, 5.41) is 14.0. The molecule has 3 aromatic rings. The molecular formula is C20H23FN6O2S2. The highest BCUT2D eigenvalue weighted by Crippen LogP contribution is 2.26. The number of halogens is 1. The van der Waals surface area contributed by atoms with Gasteiger partial charge in [0.05, 0.1) is 11.4 Å². The Balaban J connectivity index is 1.60. The summed E-state index contributed by atoms with van der Waals surface area (Å²) < 4.78 is 15.0. The van der Waals surface area contributed by atoms with Gasteiger partial charge in [-0.25, -0.2) is 9.37 Å². The number of thiazole rings is 1. The number of aryl methyl sites for hydroxylation is 1. The van der Waals surface area contributed by atoms with E-state index in [1.54, 1.807) is 17.5 Å². The third kappa shape index (κ3) is 6.59. The molecule has 1 aromatic carbocycles. The van der Waals surface area contributed by atoms with Crippen LogP contribution in [0.1, 0.15) is 26.1 Å². The Morgan fingerprint density at radius 3 is 2.68 bits per heavy atom. The number of amides is 2. The summed E-state index contributed by atoms with van der Waals surface area (Å²) in [5.41, 5.74) is 6.69. The zero-order valence-corrected chi connectivity index (χ0v) is 18.8. The standard InChI is InChI=1S/C20H23FN6O2S2/c1-12(2)9-27-17(8-7-16(22)28)25-26-20(27)31-11-18(29)24-19-23-15(10-30-19)13-3-5-14(21)6-4-13/h3-6,10,12H,7-9,11H2,1-2H3,(H2,22,28)(H,23,24,29). The molecule has 2 amide bonds. The number of nitrogens with zero attached hydrogens (tertiary/aromatic N) is 4. The number of benzene rings is 1. The van der Waals surface area contributed by atoms with Crippen molar-refractivity contribution < 1.29 is 14.0 Å². The fourth-order valence-corrected chi connectivity index (χ4v) is 4.27. The van der Waals surface area contributed by atoms with E-state index in [-0.39, 0.29) is 23.9 Å². The van der Waals surface area contributed by atoms with Crippen LogP contribution in [0.2, 0.25) is 0 Å². The largest absolute Gasteiger partial charge is 0.370 e. The second-order valence-corrected chi connectivity index (χ2v) is 9.05. The summed E-state index contributed by atoms with van der Waals surface area (Å²) in [6.45, 7) is 4.82. The fraction of sp³-hybridized carbons (Fsp3) is 0.350. The van der Waals surface area contributed by atoms with E-state index in [4.69, 9.17) is 5.73 Å². The summed E-state index contributed by atoms with van der Waals surface area (Å²) in [5.74, 6) is 0.236. The minimum absolute atomic E-state index is 0.136. The monoisotopic (exact) mass is 462 g/mol. The Morgan fingerprint density at radius 2 is 2.00 bits per heavy atom. The lowest BCUT2D eigenvalue weighted by atomic mass is 10.2. The van der Waals surface area contributed by atoms with Gasteiger partial charge in [0.1, 0.15) is 11.6 Å². The van der Waals surface area contributed by atoms with Crippen molar-refractivity contribution >= 4 is 40.0 Å². The third-order valence-electron chi connectivity index (χ3n) is 4.16. The van der Waals surface area contributed by atoms with Crippen LogP contribution in [0.5, 0.6) is 0 Å². The quantitative estimate of drug-likeness (QED) is 0.447. The molecule has 11 heteroatoms. The number of primary amides is 1. The van der Waals surface area contributed by atoms with Gasteiger partial charge < -0.3 is 15.6 Å². The second-order valence-electron chi connectivity index (χ2n) is 7.25. The highest BCUT2D eigenvalue weighted by Gasteiger charge is 2.16. The molecule has 164 valence electrons. The van der Waals surface area contributed by atoms with Crippen LogP contribution in [0, 0.1) is 11.7 Å². The maximum atomic E-state index is 13.1. The van der Waals surface area contributed by atoms with E-state index in [2.05, 4.69) is 34.3 Å². The van der Waals surface area contributed by atoms with Gasteiger partial charge in [0.2, 0.25) is 11.8 Å². The molecule has 8 nitrogen and oxygen atoms in total. The SMILES string of the molecule is CC(C)Cn1c(CCC(N)=O)nnc1SCC(=O)Nc1nc(-c2ccc(F)cc2)cs1. The number of thioether (sulfide) groups is 1. The first kappa shape index (κ1) is 22.9. The van der Waals surface area contributed by atoms with Crippen molar-refractivity contribution in [2.24, 2.45) is 11.7 Å². The number of anilines is 1. The van der Waals surface area contributed by atoms with E-state index in [1.165, 1.54) is 35.2 Å². The third-order valence-corrected chi connectivity index (χ3v) is 5.88. The van der Waals surface area contributed by atoms with Crippen molar-refractivity contribution in [3.8, 4) is 11.3 Å². The number of aromatic nitrogens is 4. The topological polar surface area (TPSA) is 116 Å². The Labute approximate surface area is 187 Å². The molecule has 0 aliphatic heterocycles. The van der Waals surface area contributed by atoms with Crippen molar-refractivity contribution in [3.05, 3.63) is 41.3 Å². The molecular weight excluding hydrogens is 439 g/mol. The number of nitrogens with two attached hydrogens (primary N) is 1. The minimum Gasteiger partial charge on any atom is -0.370 e. The van der Waals surface area contributed by atoms with E-state index in [0.29, 0.717) is 40.7 Å². The lowest BCUT2D eigenvalue weighted by Gasteiger charge is -2.12. The zero-order valence-electron chi connectivity index (χ0n) is 17.2. The maximum absolute atomic E-state index is 13.1. The molecule has 2 heterocycles. The van der Waals surface area contributed by atoms with Gasteiger partial charge in [-0.1, -0.05) is 25.6 Å². The van der Waals surface area contributed by atoms with Crippen LogP contribution >= 0.6 is 23.1 Å². The van der Waals surface area contributed by atoms with Gasteiger partial charge in [0.15, 0.2) is 10.3 Å². The van der Waals surface area contributed by atoms with Crippen LogP contribution in [0.25, 0.3) is 11.3 Å². The van der Waals surface area contributed by atoms with Gasteiger partial charge in [-0.2, -0.15) is 0 Å². The zero-order chi connectivity index (χ0) is 22.4. The van der Waals surface area contributed by atoms with E-state index < -0.39 is 5.91 Å². The van der Waals surface area contributed by atoms with Crippen LogP contribution in [-0.2, 0) is 22.6 Å². The fourth-order valence-electron chi connectivity index (χ4n) is 2.76. The molecule has 3 N–H and O–H groups in total. The van der Waals surface area contributed by atoms with Crippen molar-refractivity contribution in [1.29, 1.82) is 0 Å². The Morgan fingerprint density at radius 1 is 1.26 bits per heavy atom. The van der Waals surface area contributed by atoms with Gasteiger partial charge in [-0.15, -0.1) is 21.5 Å². The molecule has 0 radical (unpaired) electrons. The number of rotatable bonds is 10. The molecule has 0 aliphatic rings. The number of hydrogen-bond donors (Lipinski definition) is 2. The molecule has 0 unspecified atom stereocenters. The van der Waals surface area contributed by atoms with Gasteiger partial charge in [-0.3, -0.25) is 9.59 Å². The first-order chi connectivity index (χ1) is 14.8. The van der Waals surface area contributed by atoms with Gasteiger partial charge in [0, 0.05) is 30.3 Å². The minimum atomic E-state index is -0.392. The number of nitrogens with one attached hydrogen (secondary N) is 1. The van der Waals surface area contributed by atoms with E-state index in [0.717, 1.165) is 5.56 Å². The van der Waals surface area contributed by atoms with E-state index in [1.807, 2.05) is 4.57 Å². The number of hydrogen-bond acceptors (Lipinski definition) is 7. The number of carbonyl (C=O) groups is 2. The van der Waals surface area contributed by atoms with Crippen LogP contribution in [0.4, 0.5) is 9.52 Å². The Kier molecular flexibility index (Phi) is 7.75. The van der Waals surface area contributed by atoms with Crippen molar-refractivity contribution in [3.63, 3.8) is 0 Å². The molecule has 0 spiro atoms. The van der Waals surface area contributed by atoms with Crippen LogP contribution in [0.3, 0.4) is 0 Å². The molecule has 0 aliphatic carbocycles. The summed E-state index contributed by atoms with van der Waals surface area (Å²) in [6.07, 6.45) is 0.606. The summed E-state index contributed by atoms with van der Waals surface area (Å²) in [4.78, 5) is 27.9. The molecule has 0 saturated heterocycles. The summed E-state index contributed by atoms with van der Waals surface area (Å²) in [7, 11) is 0. The highest BCUT2D eigenvalue weighted by molar-refractivity contribution is 7.99. The van der Waals surface area contributed by atoms with Crippen LogP contribution in [-0.4, -0.2) is 37.3 Å². The lowest BCUT2D eigenvalue weighted by Crippen LogP contribution is -2.16. The predicted molar refractivity (Wildman–Crippen MR) is 119 cm³/mol. The van der Waals surface area contributed by atoms with Crippen LogP contribution in [0.15, 0.2) is 34.8 Å². The first-order valence-electron chi connectivity index (χ1n) is 9.66. The molecule has 0 fully saturated rings. The van der Waals surface area contributed by atoms with Gasteiger partial charge >= 0.3 is 0 Å². The molecule has 3 rings (SSSR count). The molecule has 0 bridgehead atoms.